The SMILES string of the molecule is C[C@@H]1[C@H](CN(C)CCc2ccccn2)O[C@H](c2cccc(NC(=O)c3ccccc3)c2)O[C@@H]1c1ccc(CO)cc1. The number of hydrogen-bond acceptors (Lipinski definition) is 6. The summed E-state index contributed by atoms with van der Waals surface area (Å²) in [5, 5.41) is 12.5. The largest absolute Gasteiger partial charge is 0.392 e. The second kappa shape index (κ2) is 13.7. The molecule has 0 radical (unpaired) electrons. The summed E-state index contributed by atoms with van der Waals surface area (Å²) in [6.45, 7) is 3.74. The van der Waals surface area contributed by atoms with Crippen molar-refractivity contribution in [1.82, 2.24) is 9.88 Å². The van der Waals surface area contributed by atoms with Crippen molar-refractivity contribution >= 4 is 11.6 Å². The van der Waals surface area contributed by atoms with Gasteiger partial charge < -0.3 is 24.8 Å². The van der Waals surface area contributed by atoms with E-state index in [1.807, 2.05) is 91.1 Å². The molecule has 2 heterocycles. The first-order valence-corrected chi connectivity index (χ1v) is 14.1. The van der Waals surface area contributed by atoms with Gasteiger partial charge >= 0.3 is 0 Å². The summed E-state index contributed by atoms with van der Waals surface area (Å²) >= 11 is 0. The molecule has 1 aromatic heterocycles. The second-order valence-corrected chi connectivity index (χ2v) is 10.6. The standard InChI is InChI=1S/C34H37N3O4/c1-24-31(22-37(2)20-18-29-12-6-7-19-35-29)40-34(41-32(24)26-16-14-25(23-38)15-17-26)28-11-8-13-30(21-28)36-33(39)27-9-4-3-5-10-27/h3-17,19,21,24,31-32,34,38H,18,20,22-23H2,1-2H3,(H,36,39)/t24-,31+,32+,34+/m1/s1. The van der Waals surface area contributed by atoms with E-state index >= 15 is 0 Å². The Bertz CT molecular complexity index is 1400. The molecule has 2 N–H and O–H groups in total. The lowest BCUT2D eigenvalue weighted by molar-refractivity contribution is -0.275. The number of carbonyl (C=O) groups is 1. The highest BCUT2D eigenvalue weighted by Gasteiger charge is 2.38. The predicted octanol–water partition coefficient (Wildman–Crippen LogP) is 5.79. The molecule has 1 aliphatic heterocycles. The summed E-state index contributed by atoms with van der Waals surface area (Å²) in [6.07, 6.45) is 1.75. The number of carbonyl (C=O) groups excluding carboxylic acids is 1. The third-order valence-corrected chi connectivity index (χ3v) is 7.54. The van der Waals surface area contributed by atoms with Gasteiger partial charge in [0.2, 0.25) is 0 Å². The Hall–Kier alpha value is -3.88. The summed E-state index contributed by atoms with van der Waals surface area (Å²) in [7, 11) is 2.11. The van der Waals surface area contributed by atoms with Gasteiger partial charge in [-0.2, -0.15) is 0 Å². The zero-order valence-corrected chi connectivity index (χ0v) is 23.5. The van der Waals surface area contributed by atoms with Crippen molar-refractivity contribution < 1.29 is 19.4 Å². The van der Waals surface area contributed by atoms with Crippen molar-refractivity contribution in [3.63, 3.8) is 0 Å². The molecule has 5 rings (SSSR count). The fourth-order valence-corrected chi connectivity index (χ4v) is 5.13. The molecule has 212 valence electrons. The van der Waals surface area contributed by atoms with Crippen LogP contribution in [0.1, 0.15) is 52.1 Å². The number of nitrogens with one attached hydrogen (secondary N) is 1. The van der Waals surface area contributed by atoms with E-state index in [0.717, 1.165) is 41.9 Å². The van der Waals surface area contributed by atoms with Gasteiger partial charge in [0.05, 0.1) is 18.8 Å². The molecule has 0 unspecified atom stereocenters. The lowest BCUT2D eigenvalue weighted by atomic mass is 9.90. The minimum Gasteiger partial charge on any atom is -0.392 e. The third-order valence-electron chi connectivity index (χ3n) is 7.54. The Kier molecular flexibility index (Phi) is 9.54. The van der Waals surface area contributed by atoms with Gasteiger partial charge in [0.25, 0.3) is 5.91 Å². The fourth-order valence-electron chi connectivity index (χ4n) is 5.13. The van der Waals surface area contributed by atoms with Gasteiger partial charge in [0, 0.05) is 54.1 Å². The molecular formula is C34H37N3O4. The van der Waals surface area contributed by atoms with Crippen molar-refractivity contribution in [2.45, 2.75) is 38.4 Å². The average Bonchev–Trinajstić information content (AvgIpc) is 3.02. The average molecular weight is 552 g/mol. The topological polar surface area (TPSA) is 83.9 Å². The van der Waals surface area contributed by atoms with Crippen LogP contribution in [0.4, 0.5) is 5.69 Å². The highest BCUT2D eigenvalue weighted by Crippen LogP contribution is 2.42. The van der Waals surface area contributed by atoms with E-state index in [0.29, 0.717) is 11.3 Å². The van der Waals surface area contributed by atoms with Crippen LogP contribution < -0.4 is 5.32 Å². The first-order valence-electron chi connectivity index (χ1n) is 14.1. The summed E-state index contributed by atoms with van der Waals surface area (Å²) in [6, 6.07) is 30.7. The normalized spacial score (nSPS) is 20.6. The van der Waals surface area contributed by atoms with E-state index in [2.05, 4.69) is 29.2 Å². The summed E-state index contributed by atoms with van der Waals surface area (Å²) in [5.74, 6) is -0.0967. The Labute approximate surface area is 241 Å². The van der Waals surface area contributed by atoms with Gasteiger partial charge in [0.15, 0.2) is 6.29 Å². The summed E-state index contributed by atoms with van der Waals surface area (Å²) in [4.78, 5) is 19.5. The number of aliphatic hydroxyl groups is 1. The molecule has 7 heteroatoms. The van der Waals surface area contributed by atoms with Gasteiger partial charge in [-0.15, -0.1) is 0 Å². The first-order chi connectivity index (χ1) is 20.0. The number of likely N-dealkylation sites (N-methyl/N-ethyl adjacent to an activating group) is 1. The van der Waals surface area contributed by atoms with Gasteiger partial charge in [-0.25, -0.2) is 0 Å². The summed E-state index contributed by atoms with van der Waals surface area (Å²) < 4.78 is 13.2. The molecule has 1 amide bonds. The van der Waals surface area contributed by atoms with Crippen LogP contribution in [0.25, 0.3) is 0 Å². The minimum absolute atomic E-state index is 0.00171. The van der Waals surface area contributed by atoms with E-state index in [-0.39, 0.29) is 30.6 Å². The first kappa shape index (κ1) is 28.6. The van der Waals surface area contributed by atoms with Crippen LogP contribution in [-0.2, 0) is 22.5 Å². The number of nitrogens with zero attached hydrogens (tertiary/aromatic N) is 2. The number of benzene rings is 3. The van der Waals surface area contributed by atoms with E-state index < -0.39 is 6.29 Å². The Morgan fingerprint density at radius 1 is 0.927 bits per heavy atom. The number of aliphatic hydroxyl groups excluding tert-OH is 1. The molecular weight excluding hydrogens is 514 g/mol. The van der Waals surface area contributed by atoms with E-state index in [1.165, 1.54) is 0 Å². The van der Waals surface area contributed by atoms with E-state index in [9.17, 15) is 9.90 Å². The maximum absolute atomic E-state index is 12.8. The smallest absolute Gasteiger partial charge is 0.255 e. The number of amides is 1. The van der Waals surface area contributed by atoms with E-state index in [4.69, 9.17) is 9.47 Å². The van der Waals surface area contributed by atoms with Crippen molar-refractivity contribution in [3.05, 3.63) is 131 Å². The van der Waals surface area contributed by atoms with E-state index in [1.54, 1.807) is 12.1 Å². The van der Waals surface area contributed by atoms with Crippen molar-refractivity contribution in [3.8, 4) is 0 Å². The van der Waals surface area contributed by atoms with Crippen LogP contribution in [0.5, 0.6) is 0 Å². The molecule has 41 heavy (non-hydrogen) atoms. The molecule has 4 atom stereocenters. The van der Waals surface area contributed by atoms with Gasteiger partial charge in [-0.3, -0.25) is 9.78 Å². The van der Waals surface area contributed by atoms with Crippen LogP contribution in [0.15, 0.2) is 103 Å². The maximum atomic E-state index is 12.8. The lowest BCUT2D eigenvalue weighted by Crippen LogP contribution is -2.44. The maximum Gasteiger partial charge on any atom is 0.255 e. The quantitative estimate of drug-likeness (QED) is 0.260. The molecule has 3 aromatic carbocycles. The van der Waals surface area contributed by atoms with Crippen molar-refractivity contribution in [2.75, 3.05) is 25.5 Å². The second-order valence-electron chi connectivity index (χ2n) is 10.6. The Morgan fingerprint density at radius 3 is 2.44 bits per heavy atom. The van der Waals surface area contributed by atoms with Crippen molar-refractivity contribution in [1.29, 1.82) is 0 Å². The van der Waals surface area contributed by atoms with Crippen LogP contribution >= 0.6 is 0 Å². The van der Waals surface area contributed by atoms with Crippen molar-refractivity contribution in [2.24, 2.45) is 5.92 Å². The fraction of sp³-hybridized carbons (Fsp3) is 0.294. The highest BCUT2D eigenvalue weighted by atomic mass is 16.7. The van der Waals surface area contributed by atoms with Crippen LogP contribution in [0, 0.1) is 5.92 Å². The number of rotatable bonds is 10. The number of hydrogen-bond donors (Lipinski definition) is 2. The predicted molar refractivity (Wildman–Crippen MR) is 159 cm³/mol. The van der Waals surface area contributed by atoms with Gasteiger partial charge in [-0.05, 0) is 54.6 Å². The number of aromatic nitrogens is 1. The van der Waals surface area contributed by atoms with Gasteiger partial charge in [-0.1, -0.05) is 67.6 Å². The molecule has 0 aliphatic carbocycles. The van der Waals surface area contributed by atoms with Crippen LogP contribution in [0.3, 0.4) is 0 Å². The monoisotopic (exact) mass is 551 g/mol. The zero-order chi connectivity index (χ0) is 28.6. The molecule has 1 aliphatic rings. The lowest BCUT2D eigenvalue weighted by Gasteiger charge is -2.42. The zero-order valence-electron chi connectivity index (χ0n) is 23.5. The Balaban J connectivity index is 1.35. The Morgan fingerprint density at radius 2 is 1.71 bits per heavy atom. The molecule has 0 saturated carbocycles. The summed E-state index contributed by atoms with van der Waals surface area (Å²) in [5.41, 5.74) is 5.07. The van der Waals surface area contributed by atoms with Gasteiger partial charge in [0.1, 0.15) is 0 Å². The highest BCUT2D eigenvalue weighted by molar-refractivity contribution is 6.04. The molecule has 7 nitrogen and oxygen atoms in total. The van der Waals surface area contributed by atoms with Crippen LogP contribution in [-0.4, -0.2) is 47.1 Å². The molecule has 4 aromatic rings. The van der Waals surface area contributed by atoms with Crippen LogP contribution in [0.2, 0.25) is 0 Å². The number of anilines is 1. The minimum atomic E-state index is -0.614. The number of ether oxygens (including phenoxy) is 2. The molecule has 0 spiro atoms. The number of pyridine rings is 1. The molecule has 0 bridgehead atoms. The molecule has 1 fully saturated rings. The third kappa shape index (κ3) is 7.45. The molecule has 1 saturated heterocycles.